The van der Waals surface area contributed by atoms with Gasteiger partial charge in [0.1, 0.15) is 0 Å². The quantitative estimate of drug-likeness (QED) is 0.437. The molecular weight excluding hydrogens is 95.1 g/mol. The molecule has 0 spiro atoms. The molecule has 0 heterocycles. The Kier molecular flexibility index (Phi) is 2.31. The molecule has 0 bridgehead atoms. The predicted octanol–water partition coefficient (Wildman–Crippen LogP) is 0.181. The Morgan fingerprint density at radius 3 is 2.20 bits per heavy atom. The van der Waals surface area contributed by atoms with Crippen molar-refractivity contribution >= 4 is 11.5 Å². The number of halogens is 1. The van der Waals surface area contributed by atoms with Crippen LogP contribution < -0.4 is 0 Å². The van der Waals surface area contributed by atoms with Crippen LogP contribution in [0.25, 0.3) is 0 Å². The van der Waals surface area contributed by atoms with E-state index in [2.05, 4.69) is 4.18 Å². The van der Waals surface area contributed by atoms with Crippen molar-refractivity contribution < 1.29 is 12.3 Å². The summed E-state index contributed by atoms with van der Waals surface area (Å²) in [6.45, 7) is 0. The molecule has 0 aliphatic carbocycles. The zero-order valence-electron chi connectivity index (χ0n) is 2.60. The van der Waals surface area contributed by atoms with E-state index in [1.807, 2.05) is 0 Å². The fourth-order valence-corrected chi connectivity index (χ4v) is 0. The summed E-state index contributed by atoms with van der Waals surface area (Å²) < 4.78 is 23.3. The molecule has 5 heavy (non-hydrogen) atoms. The van der Waals surface area contributed by atoms with Gasteiger partial charge < -0.3 is 0 Å². The van der Waals surface area contributed by atoms with Crippen LogP contribution in [0.1, 0.15) is 0 Å². The van der Waals surface area contributed by atoms with Gasteiger partial charge in [0, 0.05) is 0 Å². The fourth-order valence-electron chi connectivity index (χ4n) is 0. The monoisotopic (exact) mass is 98.0 g/mol. The van der Waals surface area contributed by atoms with Crippen molar-refractivity contribution in [1.29, 1.82) is 0 Å². The highest BCUT2D eigenvalue weighted by Gasteiger charge is 1.80. The Morgan fingerprint density at radius 1 is 2.00 bits per heavy atom. The maximum absolute atomic E-state index is 10.7. The molecule has 0 fully saturated rings. The summed E-state index contributed by atoms with van der Waals surface area (Å²) in [5, 5.41) is 0. The first kappa shape index (κ1) is 5.04. The highest BCUT2D eigenvalue weighted by Crippen LogP contribution is 1.75. The summed E-state index contributed by atoms with van der Waals surface area (Å²) in [4.78, 5) is 0. The Bertz CT molecular complexity index is 44.9. The van der Waals surface area contributed by atoms with E-state index in [9.17, 15) is 3.89 Å². The third-order valence-electron chi connectivity index (χ3n) is 0.131. The second-order valence-corrected chi connectivity index (χ2v) is 1.08. The lowest BCUT2D eigenvalue weighted by atomic mass is 11.8. The predicted molar refractivity (Wildman–Crippen MR) is 16.3 cm³/mol. The van der Waals surface area contributed by atoms with Gasteiger partial charge in [0.15, 0.2) is 0 Å². The first-order valence-corrected chi connectivity index (χ1v) is 1.87. The summed E-state index contributed by atoms with van der Waals surface area (Å²) in [7, 11) is 1.02. The minimum absolute atomic E-state index is 1.02. The third-order valence-corrected chi connectivity index (χ3v) is 0.393. The lowest BCUT2D eigenvalue weighted by Gasteiger charge is -1.72. The van der Waals surface area contributed by atoms with E-state index in [1.165, 1.54) is 0 Å². The molecule has 0 aromatic carbocycles. The van der Waals surface area contributed by atoms with Crippen LogP contribution in [0.5, 0.6) is 0 Å². The van der Waals surface area contributed by atoms with Crippen molar-refractivity contribution in [2.75, 3.05) is 7.11 Å². The second kappa shape index (κ2) is 2.29. The lowest BCUT2D eigenvalue weighted by Crippen LogP contribution is -1.76. The van der Waals surface area contributed by atoms with Gasteiger partial charge in [-0.25, -0.2) is 0 Å². The second-order valence-electron chi connectivity index (χ2n) is 0.361. The molecule has 2 nitrogen and oxygen atoms in total. The molecule has 0 saturated carbocycles. The zero-order chi connectivity index (χ0) is 4.28. The van der Waals surface area contributed by atoms with Crippen molar-refractivity contribution in [1.82, 2.24) is 0 Å². The summed E-state index contributed by atoms with van der Waals surface area (Å²) in [6, 6.07) is 0. The van der Waals surface area contributed by atoms with E-state index in [-0.39, 0.29) is 0 Å². The Labute approximate surface area is 31.9 Å². The molecule has 32 valence electrons. The average Bonchev–Trinajstić information content (AvgIpc) is 1.38. The third kappa shape index (κ3) is 4.04. The van der Waals surface area contributed by atoms with E-state index < -0.39 is 11.5 Å². The minimum atomic E-state index is -2.57. The largest absolute Gasteiger partial charge is 0.344 e. The molecule has 0 saturated heterocycles. The zero-order valence-corrected chi connectivity index (χ0v) is 3.42. The maximum Gasteiger partial charge on any atom is 0.344 e. The smallest absolute Gasteiger partial charge is 0.268 e. The molecule has 0 aliphatic heterocycles. The normalized spacial score (nSPS) is 14.8. The number of hydrogen-bond donors (Lipinski definition) is 0. The Morgan fingerprint density at radius 2 is 2.20 bits per heavy atom. The van der Waals surface area contributed by atoms with Gasteiger partial charge in [0.05, 0.1) is 7.11 Å². The van der Waals surface area contributed by atoms with Crippen LogP contribution in [-0.2, 0) is 15.6 Å². The van der Waals surface area contributed by atoms with Crippen LogP contribution in [0.2, 0.25) is 0 Å². The molecule has 0 amide bonds. The number of rotatable bonds is 1. The average molecular weight is 98.1 g/mol. The molecule has 0 aromatic rings. The lowest BCUT2D eigenvalue weighted by molar-refractivity contribution is 0.416. The highest BCUT2D eigenvalue weighted by atomic mass is 32.2. The fraction of sp³-hybridized carbons (Fsp3) is 1.00. The van der Waals surface area contributed by atoms with Gasteiger partial charge in [-0.05, 0) is 0 Å². The molecule has 4 heteroatoms. The Hall–Kier alpha value is 0.0400. The molecule has 0 N–H and O–H groups in total. The van der Waals surface area contributed by atoms with Gasteiger partial charge in [0.2, 0.25) is 0 Å². The van der Waals surface area contributed by atoms with Crippen LogP contribution in [-0.4, -0.2) is 11.3 Å². The van der Waals surface area contributed by atoms with Gasteiger partial charge in [-0.1, -0.05) is 0 Å². The van der Waals surface area contributed by atoms with Gasteiger partial charge in [-0.3, -0.25) is 4.18 Å². The van der Waals surface area contributed by atoms with Crippen LogP contribution in [0, 0.1) is 0 Å². The summed E-state index contributed by atoms with van der Waals surface area (Å²) >= 11 is -2.57. The summed E-state index contributed by atoms with van der Waals surface area (Å²) in [5.41, 5.74) is 0. The first-order chi connectivity index (χ1) is 2.27. The van der Waals surface area contributed by atoms with E-state index in [0.29, 0.717) is 0 Å². The van der Waals surface area contributed by atoms with E-state index in [4.69, 9.17) is 4.21 Å². The van der Waals surface area contributed by atoms with Gasteiger partial charge >= 0.3 is 11.5 Å². The van der Waals surface area contributed by atoms with E-state index in [1.54, 1.807) is 0 Å². The highest BCUT2D eigenvalue weighted by molar-refractivity contribution is 7.74. The minimum Gasteiger partial charge on any atom is -0.268 e. The standard InChI is InChI=1S/CH3FO2S/c1-4-5(2)3/h1H3. The number of hydrogen-bond acceptors (Lipinski definition) is 2. The van der Waals surface area contributed by atoms with Crippen molar-refractivity contribution in [3.63, 3.8) is 0 Å². The van der Waals surface area contributed by atoms with Crippen LogP contribution in [0.15, 0.2) is 0 Å². The Balaban J connectivity index is 2.85. The van der Waals surface area contributed by atoms with Crippen LogP contribution in [0.4, 0.5) is 3.89 Å². The maximum atomic E-state index is 10.7. The first-order valence-electron chi connectivity index (χ1n) is 0.896. The van der Waals surface area contributed by atoms with E-state index >= 15 is 0 Å². The molecule has 0 rings (SSSR count). The van der Waals surface area contributed by atoms with Crippen molar-refractivity contribution in [3.05, 3.63) is 0 Å². The molecular formula is CH3FO2S. The van der Waals surface area contributed by atoms with Gasteiger partial charge in [-0.2, -0.15) is 4.21 Å². The van der Waals surface area contributed by atoms with Crippen LogP contribution in [0.3, 0.4) is 0 Å². The van der Waals surface area contributed by atoms with Crippen molar-refractivity contribution in [2.24, 2.45) is 0 Å². The molecule has 0 aromatic heterocycles. The molecule has 1 atom stereocenters. The SMILES string of the molecule is COS(=O)F. The van der Waals surface area contributed by atoms with E-state index in [0.717, 1.165) is 7.11 Å². The topological polar surface area (TPSA) is 26.3 Å². The van der Waals surface area contributed by atoms with Crippen molar-refractivity contribution in [2.45, 2.75) is 0 Å². The molecule has 0 aliphatic rings. The van der Waals surface area contributed by atoms with Crippen LogP contribution >= 0.6 is 0 Å². The van der Waals surface area contributed by atoms with Crippen molar-refractivity contribution in [3.8, 4) is 0 Å². The molecule has 1 unspecified atom stereocenters. The van der Waals surface area contributed by atoms with Gasteiger partial charge in [-0.15, -0.1) is 3.89 Å². The summed E-state index contributed by atoms with van der Waals surface area (Å²) in [6.07, 6.45) is 0. The molecule has 0 radical (unpaired) electrons. The summed E-state index contributed by atoms with van der Waals surface area (Å²) in [5.74, 6) is 0. The van der Waals surface area contributed by atoms with Gasteiger partial charge in [0.25, 0.3) is 0 Å².